The standard InChI is InChI=1S/C10H19N3O/c14-10-8-13(6-2-5-12-10)7-9-3-1-4-11-9/h9,11H,1-8H2,(H,12,14)/t9-/m1/s1. The van der Waals surface area contributed by atoms with E-state index in [-0.39, 0.29) is 5.91 Å². The maximum atomic E-state index is 11.3. The molecule has 0 spiro atoms. The van der Waals surface area contributed by atoms with Crippen LogP contribution in [0, 0.1) is 0 Å². The second-order valence-corrected chi connectivity index (χ2v) is 4.23. The number of hydrogen-bond donors (Lipinski definition) is 2. The molecule has 2 saturated heterocycles. The monoisotopic (exact) mass is 197 g/mol. The van der Waals surface area contributed by atoms with E-state index >= 15 is 0 Å². The Bertz CT molecular complexity index is 202. The molecule has 0 aromatic rings. The predicted molar refractivity (Wildman–Crippen MR) is 55.1 cm³/mol. The molecular formula is C10H19N3O. The highest BCUT2D eigenvalue weighted by Crippen LogP contribution is 2.07. The Morgan fingerprint density at radius 1 is 1.36 bits per heavy atom. The van der Waals surface area contributed by atoms with Crippen molar-refractivity contribution in [2.75, 3.05) is 32.7 Å². The summed E-state index contributed by atoms with van der Waals surface area (Å²) in [4.78, 5) is 13.6. The molecule has 1 amide bonds. The quantitative estimate of drug-likeness (QED) is 0.631. The molecule has 0 bridgehead atoms. The molecule has 2 fully saturated rings. The van der Waals surface area contributed by atoms with Crippen molar-refractivity contribution in [2.24, 2.45) is 0 Å². The van der Waals surface area contributed by atoms with Gasteiger partial charge in [0, 0.05) is 25.7 Å². The topological polar surface area (TPSA) is 44.4 Å². The van der Waals surface area contributed by atoms with E-state index in [1.54, 1.807) is 0 Å². The molecule has 0 aromatic carbocycles. The van der Waals surface area contributed by atoms with Gasteiger partial charge in [-0.05, 0) is 25.8 Å². The van der Waals surface area contributed by atoms with E-state index in [1.165, 1.54) is 12.8 Å². The maximum absolute atomic E-state index is 11.3. The summed E-state index contributed by atoms with van der Waals surface area (Å²) < 4.78 is 0. The van der Waals surface area contributed by atoms with E-state index in [4.69, 9.17) is 0 Å². The van der Waals surface area contributed by atoms with Crippen LogP contribution in [-0.2, 0) is 4.79 Å². The summed E-state index contributed by atoms with van der Waals surface area (Å²) in [7, 11) is 0. The summed E-state index contributed by atoms with van der Waals surface area (Å²) in [5.41, 5.74) is 0. The SMILES string of the molecule is O=C1CN(C[C@H]2CCCN2)CCCN1. The smallest absolute Gasteiger partial charge is 0.234 e. The van der Waals surface area contributed by atoms with E-state index in [9.17, 15) is 4.79 Å². The van der Waals surface area contributed by atoms with Crippen LogP contribution in [0.25, 0.3) is 0 Å². The summed E-state index contributed by atoms with van der Waals surface area (Å²) in [6, 6.07) is 0.612. The number of rotatable bonds is 2. The molecule has 2 aliphatic heterocycles. The fourth-order valence-electron chi connectivity index (χ4n) is 2.25. The highest BCUT2D eigenvalue weighted by molar-refractivity contribution is 5.78. The van der Waals surface area contributed by atoms with Gasteiger partial charge in [0.25, 0.3) is 0 Å². The lowest BCUT2D eigenvalue weighted by Crippen LogP contribution is -2.40. The highest BCUT2D eigenvalue weighted by atomic mass is 16.2. The first-order valence-electron chi connectivity index (χ1n) is 5.57. The zero-order valence-corrected chi connectivity index (χ0v) is 8.59. The Kier molecular flexibility index (Phi) is 3.37. The molecule has 2 aliphatic rings. The van der Waals surface area contributed by atoms with Crippen molar-refractivity contribution in [3.8, 4) is 0 Å². The van der Waals surface area contributed by atoms with Crippen LogP contribution in [0.3, 0.4) is 0 Å². The van der Waals surface area contributed by atoms with Crippen LogP contribution < -0.4 is 10.6 Å². The van der Waals surface area contributed by atoms with E-state index in [2.05, 4.69) is 15.5 Å². The third-order valence-corrected chi connectivity index (χ3v) is 2.98. The molecule has 80 valence electrons. The first kappa shape index (κ1) is 9.93. The number of hydrogen-bond acceptors (Lipinski definition) is 3. The molecular weight excluding hydrogens is 178 g/mol. The number of nitrogens with one attached hydrogen (secondary N) is 2. The molecule has 4 heteroatoms. The van der Waals surface area contributed by atoms with Crippen LogP contribution in [0.15, 0.2) is 0 Å². The van der Waals surface area contributed by atoms with Gasteiger partial charge >= 0.3 is 0 Å². The molecule has 0 saturated carbocycles. The second-order valence-electron chi connectivity index (χ2n) is 4.23. The van der Waals surface area contributed by atoms with Crippen LogP contribution in [0.2, 0.25) is 0 Å². The van der Waals surface area contributed by atoms with Gasteiger partial charge in [-0.25, -0.2) is 0 Å². The van der Waals surface area contributed by atoms with E-state index < -0.39 is 0 Å². The average molecular weight is 197 g/mol. The molecule has 4 nitrogen and oxygen atoms in total. The molecule has 2 rings (SSSR count). The molecule has 0 radical (unpaired) electrons. The van der Waals surface area contributed by atoms with Crippen LogP contribution in [-0.4, -0.2) is 49.6 Å². The van der Waals surface area contributed by atoms with Gasteiger partial charge in [0.05, 0.1) is 6.54 Å². The lowest BCUT2D eigenvalue weighted by Gasteiger charge is -2.22. The van der Waals surface area contributed by atoms with E-state index in [0.29, 0.717) is 12.6 Å². The summed E-state index contributed by atoms with van der Waals surface area (Å²) >= 11 is 0. The molecule has 2 N–H and O–H groups in total. The van der Waals surface area contributed by atoms with Crippen LogP contribution in [0.5, 0.6) is 0 Å². The fourth-order valence-corrected chi connectivity index (χ4v) is 2.25. The Morgan fingerprint density at radius 2 is 2.29 bits per heavy atom. The molecule has 0 unspecified atom stereocenters. The van der Waals surface area contributed by atoms with Crippen molar-refractivity contribution in [3.05, 3.63) is 0 Å². The van der Waals surface area contributed by atoms with Gasteiger partial charge in [-0.1, -0.05) is 0 Å². The van der Waals surface area contributed by atoms with Crippen molar-refractivity contribution in [2.45, 2.75) is 25.3 Å². The van der Waals surface area contributed by atoms with Crippen LogP contribution >= 0.6 is 0 Å². The van der Waals surface area contributed by atoms with Crippen LogP contribution in [0.1, 0.15) is 19.3 Å². The first-order chi connectivity index (χ1) is 6.84. The lowest BCUT2D eigenvalue weighted by atomic mass is 10.2. The van der Waals surface area contributed by atoms with Crippen molar-refractivity contribution >= 4 is 5.91 Å². The molecule has 1 atom stereocenters. The third kappa shape index (κ3) is 2.69. The van der Waals surface area contributed by atoms with Crippen LogP contribution in [0.4, 0.5) is 0 Å². The highest BCUT2D eigenvalue weighted by Gasteiger charge is 2.20. The van der Waals surface area contributed by atoms with E-state index in [0.717, 1.165) is 32.6 Å². The zero-order valence-electron chi connectivity index (χ0n) is 8.59. The lowest BCUT2D eigenvalue weighted by molar-refractivity contribution is -0.121. The van der Waals surface area contributed by atoms with Crippen molar-refractivity contribution in [1.29, 1.82) is 0 Å². The summed E-state index contributed by atoms with van der Waals surface area (Å²) in [5.74, 6) is 0.181. The number of carbonyl (C=O) groups excluding carboxylic acids is 1. The van der Waals surface area contributed by atoms with Gasteiger partial charge in [-0.2, -0.15) is 0 Å². The second kappa shape index (κ2) is 4.75. The predicted octanol–water partition coefficient (Wildman–Crippen LogP) is -0.440. The van der Waals surface area contributed by atoms with Crippen molar-refractivity contribution in [1.82, 2.24) is 15.5 Å². The Morgan fingerprint density at radius 3 is 3.07 bits per heavy atom. The normalized spacial score (nSPS) is 30.0. The summed E-state index contributed by atoms with van der Waals surface area (Å²) in [6.07, 6.45) is 3.63. The number of carbonyl (C=O) groups is 1. The first-order valence-corrected chi connectivity index (χ1v) is 5.57. The Balaban J connectivity index is 1.79. The molecule has 0 aliphatic carbocycles. The van der Waals surface area contributed by atoms with Gasteiger partial charge in [-0.3, -0.25) is 9.69 Å². The van der Waals surface area contributed by atoms with Crippen molar-refractivity contribution in [3.63, 3.8) is 0 Å². The maximum Gasteiger partial charge on any atom is 0.234 e. The third-order valence-electron chi connectivity index (χ3n) is 2.98. The van der Waals surface area contributed by atoms with Gasteiger partial charge < -0.3 is 10.6 Å². The average Bonchev–Trinajstić information content (AvgIpc) is 2.56. The minimum Gasteiger partial charge on any atom is -0.355 e. The summed E-state index contributed by atoms with van der Waals surface area (Å²) in [6.45, 7) is 4.65. The van der Waals surface area contributed by atoms with Gasteiger partial charge in [0.15, 0.2) is 0 Å². The Hall–Kier alpha value is -0.610. The number of nitrogens with zero attached hydrogens (tertiary/aromatic N) is 1. The molecule has 2 heterocycles. The molecule has 14 heavy (non-hydrogen) atoms. The minimum absolute atomic E-state index is 0.181. The van der Waals surface area contributed by atoms with E-state index in [1.807, 2.05) is 0 Å². The minimum atomic E-state index is 0.181. The van der Waals surface area contributed by atoms with Gasteiger partial charge in [0.1, 0.15) is 0 Å². The summed E-state index contributed by atoms with van der Waals surface area (Å²) in [5, 5.41) is 6.36. The van der Waals surface area contributed by atoms with Gasteiger partial charge in [-0.15, -0.1) is 0 Å². The van der Waals surface area contributed by atoms with Gasteiger partial charge in [0.2, 0.25) is 5.91 Å². The fraction of sp³-hybridized carbons (Fsp3) is 0.900. The largest absolute Gasteiger partial charge is 0.355 e. The number of amides is 1. The zero-order chi connectivity index (χ0) is 9.80. The van der Waals surface area contributed by atoms with Crippen molar-refractivity contribution < 1.29 is 4.79 Å². The molecule has 0 aromatic heterocycles. The Labute approximate surface area is 85.0 Å².